The zero-order chi connectivity index (χ0) is 24.1. The summed E-state index contributed by atoms with van der Waals surface area (Å²) in [5, 5.41) is 11.2. The summed E-state index contributed by atoms with van der Waals surface area (Å²) in [6.45, 7) is -0.222. The number of aliphatic carboxylic acids is 1. The summed E-state index contributed by atoms with van der Waals surface area (Å²) in [5.41, 5.74) is 2.13. The molecule has 1 heterocycles. The second-order valence-corrected chi connectivity index (χ2v) is 7.78. The summed E-state index contributed by atoms with van der Waals surface area (Å²) in [5.74, 6) is -2.49. The van der Waals surface area contributed by atoms with Crippen LogP contribution in [0.5, 0.6) is 5.75 Å². The molecule has 0 unspecified atom stereocenters. The molecule has 0 aliphatic carbocycles. The Bertz CT molecular complexity index is 1190. The van der Waals surface area contributed by atoms with Gasteiger partial charge in [-0.2, -0.15) is 0 Å². The van der Waals surface area contributed by atoms with Crippen LogP contribution in [0, 0.1) is 0 Å². The SMILES string of the molecule is O=C(O)CNC(=O)[C@H](Cc1ccc(OCc2ccccc2)cc1)N1C(=O)c2ccccc2C1=O. The zero-order valence-corrected chi connectivity index (χ0v) is 18.1. The van der Waals surface area contributed by atoms with Crippen molar-refractivity contribution in [2.45, 2.75) is 19.1 Å². The molecule has 0 fully saturated rings. The van der Waals surface area contributed by atoms with Gasteiger partial charge < -0.3 is 15.2 Å². The lowest BCUT2D eigenvalue weighted by Gasteiger charge is -2.25. The summed E-state index contributed by atoms with van der Waals surface area (Å²) in [6, 6.07) is 21.8. The van der Waals surface area contributed by atoms with Gasteiger partial charge in [-0.05, 0) is 35.4 Å². The number of carbonyl (C=O) groups is 4. The van der Waals surface area contributed by atoms with Crippen LogP contribution in [0.2, 0.25) is 0 Å². The van der Waals surface area contributed by atoms with Gasteiger partial charge in [-0.15, -0.1) is 0 Å². The van der Waals surface area contributed by atoms with E-state index >= 15 is 0 Å². The van der Waals surface area contributed by atoms with Crippen molar-refractivity contribution in [1.29, 1.82) is 0 Å². The molecule has 3 aromatic carbocycles. The fourth-order valence-corrected chi connectivity index (χ4v) is 3.76. The van der Waals surface area contributed by atoms with Crippen molar-refractivity contribution in [3.05, 3.63) is 101 Å². The molecule has 2 N–H and O–H groups in total. The Morgan fingerprint density at radius 2 is 1.41 bits per heavy atom. The van der Waals surface area contributed by atoms with Gasteiger partial charge in [0, 0.05) is 6.42 Å². The monoisotopic (exact) mass is 458 g/mol. The summed E-state index contributed by atoms with van der Waals surface area (Å²) in [7, 11) is 0. The van der Waals surface area contributed by atoms with Crippen molar-refractivity contribution in [2.75, 3.05) is 6.54 Å². The van der Waals surface area contributed by atoms with Crippen LogP contribution >= 0.6 is 0 Å². The Labute approximate surface area is 195 Å². The first-order valence-corrected chi connectivity index (χ1v) is 10.7. The molecule has 3 aromatic rings. The lowest BCUT2D eigenvalue weighted by atomic mass is 10.0. The molecule has 0 saturated carbocycles. The lowest BCUT2D eigenvalue weighted by molar-refractivity contribution is -0.138. The van der Waals surface area contributed by atoms with Crippen LogP contribution in [-0.2, 0) is 22.6 Å². The van der Waals surface area contributed by atoms with Gasteiger partial charge >= 0.3 is 5.97 Å². The molecular formula is C26H22N2O6. The van der Waals surface area contributed by atoms with Gasteiger partial charge in [-0.1, -0.05) is 54.6 Å². The molecule has 0 radical (unpaired) electrons. The van der Waals surface area contributed by atoms with Gasteiger partial charge in [0.1, 0.15) is 24.9 Å². The van der Waals surface area contributed by atoms with Crippen molar-refractivity contribution in [2.24, 2.45) is 0 Å². The fraction of sp³-hybridized carbons (Fsp3) is 0.154. The quantitative estimate of drug-likeness (QED) is 0.477. The maximum Gasteiger partial charge on any atom is 0.322 e. The minimum Gasteiger partial charge on any atom is -0.489 e. The van der Waals surface area contributed by atoms with Crippen molar-refractivity contribution in [3.8, 4) is 5.75 Å². The Morgan fingerprint density at radius 1 is 0.824 bits per heavy atom. The van der Waals surface area contributed by atoms with Gasteiger partial charge in [0.05, 0.1) is 11.1 Å². The minimum absolute atomic E-state index is 0.0237. The first-order valence-electron chi connectivity index (χ1n) is 10.7. The number of nitrogens with zero attached hydrogens (tertiary/aromatic N) is 1. The molecule has 8 nitrogen and oxygen atoms in total. The lowest BCUT2D eigenvalue weighted by Crippen LogP contribution is -2.51. The molecule has 3 amide bonds. The van der Waals surface area contributed by atoms with Crippen LogP contribution < -0.4 is 10.1 Å². The Hall–Kier alpha value is -4.46. The molecule has 1 aliphatic heterocycles. The zero-order valence-electron chi connectivity index (χ0n) is 18.1. The number of benzene rings is 3. The molecule has 0 saturated heterocycles. The number of carboxylic acids is 1. The average Bonchev–Trinajstić information content (AvgIpc) is 3.11. The number of fused-ring (bicyclic) bond motifs is 1. The van der Waals surface area contributed by atoms with E-state index in [9.17, 15) is 19.2 Å². The van der Waals surface area contributed by atoms with Crippen LogP contribution in [0.1, 0.15) is 31.8 Å². The number of amides is 3. The smallest absolute Gasteiger partial charge is 0.322 e. The number of carbonyl (C=O) groups excluding carboxylic acids is 3. The van der Waals surface area contributed by atoms with Crippen LogP contribution in [0.4, 0.5) is 0 Å². The van der Waals surface area contributed by atoms with Crippen LogP contribution in [0.3, 0.4) is 0 Å². The predicted molar refractivity (Wildman–Crippen MR) is 122 cm³/mol. The molecule has 172 valence electrons. The van der Waals surface area contributed by atoms with Crippen molar-refractivity contribution in [3.63, 3.8) is 0 Å². The summed E-state index contributed by atoms with van der Waals surface area (Å²) < 4.78 is 5.78. The third-order valence-corrected chi connectivity index (χ3v) is 5.45. The van der Waals surface area contributed by atoms with E-state index in [2.05, 4.69) is 5.32 Å². The second kappa shape index (κ2) is 9.99. The van der Waals surface area contributed by atoms with E-state index in [-0.39, 0.29) is 17.5 Å². The minimum atomic E-state index is -1.23. The summed E-state index contributed by atoms with van der Waals surface area (Å²) in [6.07, 6.45) is 0.0237. The average molecular weight is 458 g/mol. The maximum atomic E-state index is 12.9. The van der Waals surface area contributed by atoms with Crippen molar-refractivity contribution < 1.29 is 29.0 Å². The van der Waals surface area contributed by atoms with E-state index in [1.165, 1.54) is 12.1 Å². The third-order valence-electron chi connectivity index (χ3n) is 5.45. The summed E-state index contributed by atoms with van der Waals surface area (Å²) in [4.78, 5) is 50.6. The standard InChI is InChI=1S/C26H22N2O6/c29-23(30)15-27-24(31)22(28-25(32)20-8-4-5-9-21(20)26(28)33)14-17-10-12-19(13-11-17)34-16-18-6-2-1-3-7-18/h1-13,22H,14-16H2,(H,27,31)(H,29,30)/t22-/m0/s1. The molecule has 0 aromatic heterocycles. The number of nitrogens with one attached hydrogen (secondary N) is 1. The van der Waals surface area contributed by atoms with Gasteiger partial charge in [-0.25, -0.2) is 0 Å². The van der Waals surface area contributed by atoms with Crippen LogP contribution in [0.15, 0.2) is 78.9 Å². The highest BCUT2D eigenvalue weighted by Crippen LogP contribution is 2.26. The highest BCUT2D eigenvalue weighted by atomic mass is 16.5. The van der Waals surface area contributed by atoms with Gasteiger partial charge in [0.15, 0.2) is 0 Å². The second-order valence-electron chi connectivity index (χ2n) is 7.78. The van der Waals surface area contributed by atoms with E-state index in [0.717, 1.165) is 10.5 Å². The molecule has 4 rings (SSSR count). The molecule has 0 bridgehead atoms. The Morgan fingerprint density at radius 3 is 2.00 bits per heavy atom. The van der Waals surface area contributed by atoms with Crippen molar-refractivity contribution in [1.82, 2.24) is 10.2 Å². The first kappa shape index (κ1) is 22.7. The van der Waals surface area contributed by atoms with E-state index in [0.29, 0.717) is 17.9 Å². The molecule has 34 heavy (non-hydrogen) atoms. The number of carboxylic acid groups (broad SMARTS) is 1. The third kappa shape index (κ3) is 4.96. The first-order chi connectivity index (χ1) is 16.4. The van der Waals surface area contributed by atoms with E-state index < -0.39 is 36.3 Å². The van der Waals surface area contributed by atoms with Crippen molar-refractivity contribution >= 4 is 23.7 Å². The van der Waals surface area contributed by atoms with E-state index in [1.807, 2.05) is 30.3 Å². The van der Waals surface area contributed by atoms with Crippen LogP contribution in [-0.4, -0.2) is 46.3 Å². The predicted octanol–water partition coefficient (Wildman–Crippen LogP) is 2.67. The highest BCUT2D eigenvalue weighted by molar-refractivity contribution is 6.22. The molecule has 1 atom stereocenters. The number of ether oxygens (including phenoxy) is 1. The summed E-state index contributed by atoms with van der Waals surface area (Å²) >= 11 is 0. The van der Waals surface area contributed by atoms with Crippen LogP contribution in [0.25, 0.3) is 0 Å². The van der Waals surface area contributed by atoms with E-state index in [1.54, 1.807) is 36.4 Å². The topological polar surface area (TPSA) is 113 Å². The van der Waals surface area contributed by atoms with Gasteiger partial charge in [0.25, 0.3) is 11.8 Å². The van der Waals surface area contributed by atoms with E-state index in [4.69, 9.17) is 9.84 Å². The maximum absolute atomic E-state index is 12.9. The molecule has 0 spiro atoms. The normalized spacial score (nSPS) is 13.4. The highest BCUT2D eigenvalue weighted by Gasteiger charge is 2.42. The Kier molecular flexibility index (Phi) is 6.68. The largest absolute Gasteiger partial charge is 0.489 e. The van der Waals surface area contributed by atoms with Gasteiger partial charge in [-0.3, -0.25) is 24.1 Å². The fourth-order valence-electron chi connectivity index (χ4n) is 3.76. The number of imide groups is 1. The number of hydrogen-bond acceptors (Lipinski definition) is 5. The number of hydrogen-bond donors (Lipinski definition) is 2. The Balaban J connectivity index is 1.52. The molecular weight excluding hydrogens is 436 g/mol. The number of rotatable bonds is 9. The molecule has 1 aliphatic rings. The molecule has 8 heteroatoms. The van der Waals surface area contributed by atoms with Gasteiger partial charge in [0.2, 0.25) is 5.91 Å².